The molecular formula is C12H20N4O2. The summed E-state index contributed by atoms with van der Waals surface area (Å²) in [7, 11) is 2.09. The third-order valence-electron chi connectivity index (χ3n) is 3.53. The molecule has 1 aliphatic heterocycles. The van der Waals surface area contributed by atoms with Crippen LogP contribution in [0.4, 0.5) is 0 Å². The Bertz CT molecular complexity index is 433. The summed E-state index contributed by atoms with van der Waals surface area (Å²) in [6.45, 7) is 5.98. The van der Waals surface area contributed by atoms with Gasteiger partial charge in [-0.05, 0) is 46.8 Å². The second-order valence-electron chi connectivity index (χ2n) is 5.24. The lowest BCUT2D eigenvalue weighted by molar-refractivity contribution is 0.0687. The number of likely N-dealkylation sites (tertiary alicyclic amines) is 1. The van der Waals surface area contributed by atoms with Gasteiger partial charge in [-0.25, -0.2) is 9.48 Å². The first kappa shape index (κ1) is 13.0. The van der Waals surface area contributed by atoms with Gasteiger partial charge in [0.05, 0.1) is 5.69 Å². The average Bonchev–Trinajstić information content (AvgIpc) is 2.74. The van der Waals surface area contributed by atoms with Crippen molar-refractivity contribution in [2.75, 3.05) is 20.1 Å². The van der Waals surface area contributed by atoms with Gasteiger partial charge in [-0.2, -0.15) is 0 Å². The first-order valence-corrected chi connectivity index (χ1v) is 6.37. The summed E-state index contributed by atoms with van der Waals surface area (Å²) >= 11 is 0. The standard InChI is InChI=1S/C12H20N4O2/c1-8(2)16-11(10(12(17)18)13-14-16)9-4-6-15(3)7-5-9/h8-9H,4-7H2,1-3H3,(H,17,18). The third kappa shape index (κ3) is 2.38. The molecular weight excluding hydrogens is 232 g/mol. The van der Waals surface area contributed by atoms with Gasteiger partial charge in [0.15, 0.2) is 5.69 Å². The van der Waals surface area contributed by atoms with E-state index in [1.807, 2.05) is 13.8 Å². The Morgan fingerprint density at radius 3 is 2.50 bits per heavy atom. The maximum absolute atomic E-state index is 11.2. The van der Waals surface area contributed by atoms with Crippen LogP contribution < -0.4 is 0 Å². The van der Waals surface area contributed by atoms with Crippen LogP contribution in [0.5, 0.6) is 0 Å². The second-order valence-corrected chi connectivity index (χ2v) is 5.24. The first-order valence-electron chi connectivity index (χ1n) is 6.37. The number of hydrogen-bond acceptors (Lipinski definition) is 4. The van der Waals surface area contributed by atoms with E-state index in [1.165, 1.54) is 0 Å². The summed E-state index contributed by atoms with van der Waals surface area (Å²) in [4.78, 5) is 13.5. The molecule has 0 aromatic carbocycles. The van der Waals surface area contributed by atoms with Crippen LogP contribution in [-0.2, 0) is 0 Å². The van der Waals surface area contributed by atoms with Crippen molar-refractivity contribution in [1.29, 1.82) is 0 Å². The number of nitrogens with zero attached hydrogens (tertiary/aromatic N) is 4. The van der Waals surface area contributed by atoms with Crippen LogP contribution in [0.15, 0.2) is 0 Å². The van der Waals surface area contributed by atoms with E-state index in [-0.39, 0.29) is 17.7 Å². The lowest BCUT2D eigenvalue weighted by Crippen LogP contribution is -2.31. The molecule has 0 atom stereocenters. The van der Waals surface area contributed by atoms with Gasteiger partial charge in [-0.15, -0.1) is 5.10 Å². The van der Waals surface area contributed by atoms with Crippen molar-refractivity contribution < 1.29 is 9.90 Å². The van der Waals surface area contributed by atoms with E-state index in [4.69, 9.17) is 0 Å². The van der Waals surface area contributed by atoms with Crippen LogP contribution in [0.2, 0.25) is 0 Å². The summed E-state index contributed by atoms with van der Waals surface area (Å²) in [6.07, 6.45) is 1.94. The highest BCUT2D eigenvalue weighted by Gasteiger charge is 2.29. The number of carbonyl (C=O) groups is 1. The van der Waals surface area contributed by atoms with E-state index in [9.17, 15) is 9.90 Å². The summed E-state index contributed by atoms with van der Waals surface area (Å²) in [5.41, 5.74) is 0.920. The van der Waals surface area contributed by atoms with Crippen molar-refractivity contribution in [2.45, 2.75) is 38.6 Å². The molecule has 100 valence electrons. The molecule has 2 heterocycles. The van der Waals surface area contributed by atoms with Crippen molar-refractivity contribution in [2.24, 2.45) is 0 Å². The molecule has 0 unspecified atom stereocenters. The van der Waals surface area contributed by atoms with E-state index in [2.05, 4.69) is 22.3 Å². The van der Waals surface area contributed by atoms with Gasteiger partial charge in [0, 0.05) is 12.0 Å². The third-order valence-corrected chi connectivity index (χ3v) is 3.53. The van der Waals surface area contributed by atoms with Gasteiger partial charge in [0.2, 0.25) is 0 Å². The quantitative estimate of drug-likeness (QED) is 0.879. The minimum atomic E-state index is -0.976. The molecule has 0 spiro atoms. The van der Waals surface area contributed by atoms with Crippen LogP contribution in [-0.4, -0.2) is 51.1 Å². The Morgan fingerprint density at radius 2 is 2.00 bits per heavy atom. The average molecular weight is 252 g/mol. The minimum Gasteiger partial charge on any atom is -0.476 e. The van der Waals surface area contributed by atoms with Crippen molar-refractivity contribution in [3.63, 3.8) is 0 Å². The number of hydrogen-bond donors (Lipinski definition) is 1. The Morgan fingerprint density at radius 1 is 1.39 bits per heavy atom. The van der Waals surface area contributed by atoms with Crippen LogP contribution >= 0.6 is 0 Å². The molecule has 0 amide bonds. The highest BCUT2D eigenvalue weighted by molar-refractivity contribution is 5.86. The highest BCUT2D eigenvalue weighted by Crippen LogP contribution is 2.30. The van der Waals surface area contributed by atoms with E-state index >= 15 is 0 Å². The zero-order valence-corrected chi connectivity index (χ0v) is 11.1. The maximum atomic E-state index is 11.2. The molecule has 0 aliphatic carbocycles. The number of rotatable bonds is 3. The summed E-state index contributed by atoms with van der Waals surface area (Å²) in [5.74, 6) is -0.722. The molecule has 0 radical (unpaired) electrons. The smallest absolute Gasteiger partial charge is 0.358 e. The van der Waals surface area contributed by atoms with Crippen molar-refractivity contribution in [1.82, 2.24) is 19.9 Å². The minimum absolute atomic E-state index is 0.123. The van der Waals surface area contributed by atoms with Gasteiger partial charge in [-0.1, -0.05) is 5.21 Å². The number of aromatic nitrogens is 3. The van der Waals surface area contributed by atoms with Crippen LogP contribution in [0.25, 0.3) is 0 Å². The molecule has 1 N–H and O–H groups in total. The van der Waals surface area contributed by atoms with E-state index < -0.39 is 5.97 Å². The molecule has 2 rings (SSSR count). The molecule has 1 saturated heterocycles. The van der Waals surface area contributed by atoms with E-state index in [1.54, 1.807) is 4.68 Å². The molecule has 6 heteroatoms. The molecule has 18 heavy (non-hydrogen) atoms. The molecule has 1 fully saturated rings. The Hall–Kier alpha value is -1.43. The normalized spacial score (nSPS) is 18.4. The Labute approximate surface area is 107 Å². The largest absolute Gasteiger partial charge is 0.476 e. The fourth-order valence-electron chi connectivity index (χ4n) is 2.50. The predicted molar refractivity (Wildman–Crippen MR) is 66.8 cm³/mol. The number of carboxylic acids is 1. The van der Waals surface area contributed by atoms with Gasteiger partial charge >= 0.3 is 5.97 Å². The van der Waals surface area contributed by atoms with Crippen molar-refractivity contribution in [3.05, 3.63) is 11.4 Å². The molecule has 0 saturated carbocycles. The number of carboxylic acid groups (broad SMARTS) is 1. The van der Waals surface area contributed by atoms with Crippen LogP contribution in [0.3, 0.4) is 0 Å². The highest BCUT2D eigenvalue weighted by atomic mass is 16.4. The number of piperidine rings is 1. The Balaban J connectivity index is 2.34. The monoisotopic (exact) mass is 252 g/mol. The van der Waals surface area contributed by atoms with Crippen molar-refractivity contribution in [3.8, 4) is 0 Å². The predicted octanol–water partition coefficient (Wildman–Crippen LogP) is 1.37. The second kappa shape index (κ2) is 5.06. The van der Waals surface area contributed by atoms with Gasteiger partial charge in [-0.3, -0.25) is 0 Å². The SMILES string of the molecule is CC(C)n1nnc(C(=O)O)c1C1CCN(C)CC1. The summed E-state index contributed by atoms with van der Waals surface area (Å²) in [5, 5.41) is 17.1. The van der Waals surface area contributed by atoms with Gasteiger partial charge < -0.3 is 10.0 Å². The van der Waals surface area contributed by atoms with Crippen LogP contribution in [0, 0.1) is 0 Å². The molecule has 1 aromatic heterocycles. The number of aromatic carboxylic acids is 1. The van der Waals surface area contributed by atoms with Crippen molar-refractivity contribution >= 4 is 5.97 Å². The fourth-order valence-corrected chi connectivity index (χ4v) is 2.50. The molecule has 1 aliphatic rings. The molecule has 0 bridgehead atoms. The zero-order valence-electron chi connectivity index (χ0n) is 11.1. The topological polar surface area (TPSA) is 71.2 Å². The summed E-state index contributed by atoms with van der Waals surface area (Å²) < 4.78 is 1.76. The van der Waals surface area contributed by atoms with Gasteiger partial charge in [0.1, 0.15) is 0 Å². The zero-order chi connectivity index (χ0) is 13.3. The van der Waals surface area contributed by atoms with E-state index in [0.717, 1.165) is 31.6 Å². The lowest BCUT2D eigenvalue weighted by Gasteiger charge is -2.29. The molecule has 1 aromatic rings. The fraction of sp³-hybridized carbons (Fsp3) is 0.750. The molecule has 6 nitrogen and oxygen atoms in total. The van der Waals surface area contributed by atoms with E-state index in [0.29, 0.717) is 0 Å². The Kier molecular flexibility index (Phi) is 3.65. The maximum Gasteiger partial charge on any atom is 0.358 e. The first-order chi connectivity index (χ1) is 8.50. The van der Waals surface area contributed by atoms with Crippen LogP contribution in [0.1, 0.15) is 54.8 Å². The van der Waals surface area contributed by atoms with Gasteiger partial charge in [0.25, 0.3) is 0 Å². The summed E-state index contributed by atoms with van der Waals surface area (Å²) in [6, 6.07) is 0.139. The lowest BCUT2D eigenvalue weighted by atomic mass is 9.92.